The largest absolute Gasteiger partial charge is 0.326 e. The van der Waals surface area contributed by atoms with Gasteiger partial charge in [0.25, 0.3) is 5.56 Å². The number of hydrogen-bond acceptors (Lipinski definition) is 5. The highest BCUT2D eigenvalue weighted by Gasteiger charge is 2.21. The van der Waals surface area contributed by atoms with E-state index in [9.17, 15) is 18.0 Å². The topological polar surface area (TPSA) is 112 Å². The van der Waals surface area contributed by atoms with Gasteiger partial charge in [-0.2, -0.15) is 4.31 Å². The van der Waals surface area contributed by atoms with Crippen molar-refractivity contribution in [2.75, 3.05) is 18.4 Å². The highest BCUT2D eigenvalue weighted by atomic mass is 32.2. The molecular formula is C24H28N4O4S. The number of rotatable bonds is 9. The number of sulfonamides is 1. The number of carbonyl (C=O) groups excluding carboxylic acids is 1. The van der Waals surface area contributed by atoms with Crippen LogP contribution in [-0.4, -0.2) is 41.7 Å². The molecule has 3 rings (SSSR count). The number of benzene rings is 2. The lowest BCUT2D eigenvalue weighted by Gasteiger charge is -2.18. The molecule has 0 radical (unpaired) electrons. The fourth-order valence-electron chi connectivity index (χ4n) is 3.48. The van der Waals surface area contributed by atoms with Crippen molar-refractivity contribution in [1.29, 1.82) is 0 Å². The van der Waals surface area contributed by atoms with Crippen molar-refractivity contribution in [2.45, 2.75) is 38.5 Å². The van der Waals surface area contributed by atoms with E-state index in [1.54, 1.807) is 69.3 Å². The third-order valence-electron chi connectivity index (χ3n) is 5.20. The Balaban J connectivity index is 1.62. The SMILES string of the molecule is CCN(CC)S(=O)(=O)c1ccc(CCC(=O)Nc2cccc(-c3nc(C)cc(=O)[nH]3)c2)cc1. The van der Waals surface area contributed by atoms with E-state index in [0.29, 0.717) is 42.3 Å². The predicted molar refractivity (Wildman–Crippen MR) is 129 cm³/mol. The Bertz CT molecular complexity index is 1280. The number of aryl methyl sites for hydroxylation is 2. The van der Waals surface area contributed by atoms with E-state index in [4.69, 9.17) is 0 Å². The number of nitrogens with one attached hydrogen (secondary N) is 2. The summed E-state index contributed by atoms with van der Waals surface area (Å²) in [5, 5.41) is 2.86. The molecule has 33 heavy (non-hydrogen) atoms. The lowest BCUT2D eigenvalue weighted by molar-refractivity contribution is -0.116. The standard InChI is InChI=1S/C24H28N4O4S/c1-4-28(5-2)33(31,32)21-12-9-18(10-13-21)11-14-22(29)26-20-8-6-7-19(16-20)24-25-17(3)15-23(30)27-24/h6-10,12-13,15-16H,4-5,11,14H2,1-3H3,(H,26,29)(H,25,27,30). The predicted octanol–water partition coefficient (Wildman–Crippen LogP) is 3.35. The first kappa shape index (κ1) is 24.3. The van der Waals surface area contributed by atoms with Crippen LogP contribution in [0.2, 0.25) is 0 Å². The molecule has 0 bridgehead atoms. The molecule has 0 fully saturated rings. The highest BCUT2D eigenvalue weighted by Crippen LogP contribution is 2.20. The molecule has 0 unspecified atom stereocenters. The zero-order valence-corrected chi connectivity index (χ0v) is 19.8. The van der Waals surface area contributed by atoms with Crippen molar-refractivity contribution < 1.29 is 13.2 Å². The summed E-state index contributed by atoms with van der Waals surface area (Å²) in [7, 11) is -3.50. The van der Waals surface area contributed by atoms with Crippen LogP contribution in [0.4, 0.5) is 5.69 Å². The Morgan fingerprint density at radius 2 is 1.76 bits per heavy atom. The molecule has 9 heteroatoms. The van der Waals surface area contributed by atoms with Crippen LogP contribution >= 0.6 is 0 Å². The molecular weight excluding hydrogens is 440 g/mol. The van der Waals surface area contributed by atoms with E-state index in [1.807, 2.05) is 0 Å². The molecule has 1 aromatic heterocycles. The molecule has 174 valence electrons. The molecule has 3 aromatic rings. The van der Waals surface area contributed by atoms with Gasteiger partial charge in [-0.25, -0.2) is 13.4 Å². The van der Waals surface area contributed by atoms with Crippen LogP contribution in [-0.2, 0) is 21.2 Å². The first-order valence-corrected chi connectivity index (χ1v) is 12.2. The van der Waals surface area contributed by atoms with Crippen molar-refractivity contribution >= 4 is 21.6 Å². The third-order valence-corrected chi connectivity index (χ3v) is 7.26. The second-order valence-electron chi connectivity index (χ2n) is 7.60. The van der Waals surface area contributed by atoms with Gasteiger partial charge >= 0.3 is 0 Å². The molecule has 0 atom stereocenters. The number of amides is 1. The second kappa shape index (κ2) is 10.5. The minimum Gasteiger partial charge on any atom is -0.326 e. The lowest BCUT2D eigenvalue weighted by Crippen LogP contribution is -2.30. The molecule has 8 nitrogen and oxygen atoms in total. The van der Waals surface area contributed by atoms with Gasteiger partial charge in [-0.1, -0.05) is 38.1 Å². The molecule has 0 spiro atoms. The molecule has 1 heterocycles. The number of aromatic nitrogens is 2. The average Bonchev–Trinajstić information content (AvgIpc) is 2.78. The summed E-state index contributed by atoms with van der Waals surface area (Å²) in [5.74, 6) is 0.272. The van der Waals surface area contributed by atoms with E-state index >= 15 is 0 Å². The Morgan fingerprint density at radius 1 is 1.06 bits per heavy atom. The van der Waals surface area contributed by atoms with Crippen LogP contribution in [0.1, 0.15) is 31.5 Å². The first-order chi connectivity index (χ1) is 15.7. The van der Waals surface area contributed by atoms with Crippen LogP contribution in [0.15, 0.2) is 64.3 Å². The average molecular weight is 469 g/mol. The maximum Gasteiger partial charge on any atom is 0.251 e. The van der Waals surface area contributed by atoms with E-state index in [2.05, 4.69) is 15.3 Å². The number of carbonyl (C=O) groups is 1. The summed E-state index contributed by atoms with van der Waals surface area (Å²) >= 11 is 0. The fourth-order valence-corrected chi connectivity index (χ4v) is 4.94. The van der Waals surface area contributed by atoms with Gasteiger partial charge in [0.1, 0.15) is 5.82 Å². The summed E-state index contributed by atoms with van der Waals surface area (Å²) in [5.41, 5.74) is 2.54. The minimum absolute atomic E-state index is 0.169. The van der Waals surface area contributed by atoms with Gasteiger partial charge in [-0.05, 0) is 43.2 Å². The Kier molecular flexibility index (Phi) is 7.78. The molecule has 2 aromatic carbocycles. The smallest absolute Gasteiger partial charge is 0.251 e. The molecule has 0 aliphatic carbocycles. The fraction of sp³-hybridized carbons (Fsp3) is 0.292. The molecule has 0 aliphatic rings. The van der Waals surface area contributed by atoms with Crippen LogP contribution in [0, 0.1) is 6.92 Å². The molecule has 0 aliphatic heterocycles. The van der Waals surface area contributed by atoms with Gasteiger partial charge in [0.05, 0.1) is 4.90 Å². The summed E-state index contributed by atoms with van der Waals surface area (Å²) in [6.45, 7) is 6.19. The normalized spacial score (nSPS) is 11.5. The van der Waals surface area contributed by atoms with E-state index in [0.717, 1.165) is 5.56 Å². The molecule has 1 amide bonds. The summed E-state index contributed by atoms with van der Waals surface area (Å²) < 4.78 is 26.6. The van der Waals surface area contributed by atoms with Gasteiger partial charge < -0.3 is 10.3 Å². The molecule has 0 saturated carbocycles. The summed E-state index contributed by atoms with van der Waals surface area (Å²) in [4.78, 5) is 31.4. The van der Waals surface area contributed by atoms with Crippen LogP contribution < -0.4 is 10.9 Å². The number of nitrogens with zero attached hydrogens (tertiary/aromatic N) is 2. The van der Waals surface area contributed by atoms with Gasteiger partial charge in [-0.3, -0.25) is 9.59 Å². The Morgan fingerprint density at radius 3 is 2.39 bits per heavy atom. The van der Waals surface area contributed by atoms with Crippen LogP contribution in [0.5, 0.6) is 0 Å². The van der Waals surface area contributed by atoms with E-state index in [1.165, 1.54) is 10.4 Å². The zero-order chi connectivity index (χ0) is 24.0. The maximum atomic E-state index is 12.6. The number of anilines is 1. The quantitative estimate of drug-likeness (QED) is 0.500. The van der Waals surface area contributed by atoms with Crippen molar-refractivity contribution in [3.8, 4) is 11.4 Å². The second-order valence-corrected chi connectivity index (χ2v) is 9.54. The van der Waals surface area contributed by atoms with Crippen molar-refractivity contribution in [3.63, 3.8) is 0 Å². The maximum absolute atomic E-state index is 12.6. The lowest BCUT2D eigenvalue weighted by atomic mass is 10.1. The third kappa shape index (κ3) is 6.15. The summed E-state index contributed by atoms with van der Waals surface area (Å²) in [6.07, 6.45) is 0.718. The summed E-state index contributed by atoms with van der Waals surface area (Å²) in [6, 6.07) is 15.2. The van der Waals surface area contributed by atoms with Crippen molar-refractivity contribution in [1.82, 2.24) is 14.3 Å². The van der Waals surface area contributed by atoms with Crippen LogP contribution in [0.3, 0.4) is 0 Å². The highest BCUT2D eigenvalue weighted by molar-refractivity contribution is 7.89. The Labute approximate surface area is 193 Å². The van der Waals surface area contributed by atoms with Gasteiger partial charge in [0.15, 0.2) is 0 Å². The van der Waals surface area contributed by atoms with Crippen molar-refractivity contribution in [3.05, 3.63) is 76.2 Å². The molecule has 0 saturated heterocycles. The van der Waals surface area contributed by atoms with Gasteiger partial charge in [-0.15, -0.1) is 0 Å². The van der Waals surface area contributed by atoms with E-state index in [-0.39, 0.29) is 22.8 Å². The number of H-pyrrole nitrogens is 1. The van der Waals surface area contributed by atoms with E-state index < -0.39 is 10.0 Å². The number of hydrogen-bond donors (Lipinski definition) is 2. The zero-order valence-electron chi connectivity index (χ0n) is 19.0. The minimum atomic E-state index is -3.50. The number of aromatic amines is 1. The monoisotopic (exact) mass is 468 g/mol. The Hall–Kier alpha value is -3.30. The van der Waals surface area contributed by atoms with Crippen LogP contribution in [0.25, 0.3) is 11.4 Å². The van der Waals surface area contributed by atoms with Crippen molar-refractivity contribution in [2.24, 2.45) is 0 Å². The van der Waals surface area contributed by atoms with Gasteiger partial charge in [0.2, 0.25) is 15.9 Å². The van der Waals surface area contributed by atoms with Gasteiger partial charge in [0, 0.05) is 42.5 Å². The first-order valence-electron chi connectivity index (χ1n) is 10.8. The molecule has 2 N–H and O–H groups in total.